The number of carbonyl (C=O) groups is 1. The Balaban J connectivity index is 1.39. The van der Waals surface area contributed by atoms with Crippen molar-refractivity contribution in [1.82, 2.24) is 15.3 Å². The van der Waals surface area contributed by atoms with Crippen molar-refractivity contribution in [3.63, 3.8) is 0 Å². The van der Waals surface area contributed by atoms with Gasteiger partial charge in [-0.25, -0.2) is 9.97 Å². The summed E-state index contributed by atoms with van der Waals surface area (Å²) in [5, 5.41) is 3.30. The number of carbonyl (C=O) groups excluding carboxylic acids is 1. The van der Waals surface area contributed by atoms with Gasteiger partial charge in [-0.1, -0.05) is 18.6 Å². The van der Waals surface area contributed by atoms with Crippen LogP contribution in [0, 0.1) is 6.92 Å². The van der Waals surface area contributed by atoms with Crippen LogP contribution >= 0.6 is 0 Å². The van der Waals surface area contributed by atoms with Gasteiger partial charge < -0.3 is 15.1 Å². The van der Waals surface area contributed by atoms with Crippen LogP contribution in [-0.4, -0.2) is 48.1 Å². The van der Waals surface area contributed by atoms with E-state index < -0.39 is 0 Å². The van der Waals surface area contributed by atoms with E-state index in [0.29, 0.717) is 0 Å². The average molecular weight is 394 g/mol. The number of hydrogen-bond acceptors (Lipinski definition) is 5. The summed E-state index contributed by atoms with van der Waals surface area (Å²) in [4.78, 5) is 26.5. The van der Waals surface area contributed by atoms with Crippen molar-refractivity contribution in [2.24, 2.45) is 0 Å². The molecule has 1 aromatic heterocycles. The van der Waals surface area contributed by atoms with Crippen LogP contribution in [0.15, 0.2) is 30.6 Å². The third kappa shape index (κ3) is 4.52. The Kier molecular flexibility index (Phi) is 5.97. The summed E-state index contributed by atoms with van der Waals surface area (Å²) in [7, 11) is 0. The minimum Gasteiger partial charge on any atom is -0.371 e. The minimum atomic E-state index is 0.0596. The molecule has 1 amide bonds. The summed E-state index contributed by atoms with van der Waals surface area (Å²) in [6.45, 7) is 8.04. The topological polar surface area (TPSA) is 61.4 Å². The van der Waals surface area contributed by atoms with E-state index in [9.17, 15) is 4.79 Å². The molecule has 2 aromatic rings. The maximum absolute atomic E-state index is 13.1. The summed E-state index contributed by atoms with van der Waals surface area (Å²) in [6.07, 6.45) is 6.84. The van der Waals surface area contributed by atoms with Gasteiger partial charge in [-0.2, -0.15) is 0 Å². The molecule has 29 heavy (non-hydrogen) atoms. The van der Waals surface area contributed by atoms with E-state index in [1.807, 2.05) is 6.07 Å². The van der Waals surface area contributed by atoms with Gasteiger partial charge >= 0.3 is 0 Å². The van der Waals surface area contributed by atoms with E-state index in [0.717, 1.165) is 73.8 Å². The third-order valence-corrected chi connectivity index (χ3v) is 6.07. The predicted molar refractivity (Wildman–Crippen MR) is 117 cm³/mol. The lowest BCUT2D eigenvalue weighted by molar-refractivity contribution is 0.0931. The number of nitrogens with zero attached hydrogens (tertiary/aromatic N) is 4. The van der Waals surface area contributed by atoms with Crippen LogP contribution in [0.1, 0.15) is 54.2 Å². The lowest BCUT2D eigenvalue weighted by Crippen LogP contribution is -2.45. The van der Waals surface area contributed by atoms with Crippen LogP contribution in [-0.2, 0) is 6.42 Å². The van der Waals surface area contributed by atoms with Crippen molar-refractivity contribution in [1.29, 1.82) is 0 Å². The van der Waals surface area contributed by atoms with Gasteiger partial charge in [-0.15, -0.1) is 0 Å². The highest BCUT2D eigenvalue weighted by atomic mass is 16.1. The van der Waals surface area contributed by atoms with Crippen molar-refractivity contribution in [2.45, 2.75) is 52.0 Å². The molecule has 0 aliphatic carbocycles. The van der Waals surface area contributed by atoms with Crippen molar-refractivity contribution >= 4 is 17.4 Å². The maximum Gasteiger partial charge on any atom is 0.253 e. The molecule has 0 radical (unpaired) electrons. The Hall–Kier alpha value is -2.63. The smallest absolute Gasteiger partial charge is 0.253 e. The first-order chi connectivity index (χ1) is 14.1. The van der Waals surface area contributed by atoms with E-state index in [1.54, 1.807) is 6.33 Å². The SMILES string of the molecule is CCc1cc(N2CCC(NC(=O)c3cc(C)ccc3N3CCCC3)CC2)ncn1. The van der Waals surface area contributed by atoms with E-state index in [-0.39, 0.29) is 11.9 Å². The Morgan fingerprint density at radius 1 is 1.07 bits per heavy atom. The van der Waals surface area contributed by atoms with Crippen molar-refractivity contribution in [3.05, 3.63) is 47.4 Å². The Morgan fingerprint density at radius 2 is 1.83 bits per heavy atom. The second-order valence-electron chi connectivity index (χ2n) is 8.17. The molecular weight excluding hydrogens is 362 g/mol. The zero-order chi connectivity index (χ0) is 20.2. The number of benzene rings is 1. The van der Waals surface area contributed by atoms with E-state index in [1.165, 1.54) is 12.8 Å². The van der Waals surface area contributed by atoms with Gasteiger partial charge in [0.05, 0.1) is 5.56 Å². The number of hydrogen-bond donors (Lipinski definition) is 1. The molecule has 0 spiro atoms. The molecule has 0 unspecified atom stereocenters. The number of nitrogens with one attached hydrogen (secondary N) is 1. The van der Waals surface area contributed by atoms with Crippen LogP contribution in [0.3, 0.4) is 0 Å². The van der Waals surface area contributed by atoms with Crippen LogP contribution in [0.2, 0.25) is 0 Å². The molecule has 2 saturated heterocycles. The molecule has 0 atom stereocenters. The highest BCUT2D eigenvalue weighted by Crippen LogP contribution is 2.26. The minimum absolute atomic E-state index is 0.0596. The van der Waals surface area contributed by atoms with Gasteiger partial charge in [0.1, 0.15) is 12.1 Å². The number of amides is 1. The zero-order valence-corrected chi connectivity index (χ0v) is 17.5. The molecule has 2 aliphatic rings. The van der Waals surface area contributed by atoms with Crippen molar-refractivity contribution in [3.8, 4) is 0 Å². The summed E-state index contributed by atoms with van der Waals surface area (Å²) in [5.41, 5.74) is 4.09. The lowest BCUT2D eigenvalue weighted by Gasteiger charge is -2.33. The molecule has 2 aliphatic heterocycles. The van der Waals surface area contributed by atoms with Gasteiger partial charge in [0.15, 0.2) is 0 Å². The largest absolute Gasteiger partial charge is 0.371 e. The summed E-state index contributed by atoms with van der Waals surface area (Å²) >= 11 is 0. The van der Waals surface area contributed by atoms with Gasteiger partial charge in [-0.05, 0) is 51.2 Å². The van der Waals surface area contributed by atoms with E-state index >= 15 is 0 Å². The first kappa shape index (κ1) is 19.7. The molecule has 0 bridgehead atoms. The number of rotatable bonds is 5. The first-order valence-electron chi connectivity index (χ1n) is 10.9. The molecule has 2 fully saturated rings. The van der Waals surface area contributed by atoms with Gasteiger partial charge in [-0.3, -0.25) is 4.79 Å². The van der Waals surface area contributed by atoms with Crippen LogP contribution in [0.25, 0.3) is 0 Å². The number of aryl methyl sites for hydroxylation is 2. The molecule has 1 N–H and O–H groups in total. The maximum atomic E-state index is 13.1. The molecule has 6 heteroatoms. The van der Waals surface area contributed by atoms with Gasteiger partial charge in [0.25, 0.3) is 5.91 Å². The Morgan fingerprint density at radius 3 is 2.55 bits per heavy atom. The second-order valence-corrected chi connectivity index (χ2v) is 8.17. The fourth-order valence-corrected chi connectivity index (χ4v) is 4.33. The van der Waals surface area contributed by atoms with Gasteiger partial charge in [0, 0.05) is 49.7 Å². The third-order valence-electron chi connectivity index (χ3n) is 6.07. The molecule has 3 heterocycles. The quantitative estimate of drug-likeness (QED) is 0.844. The standard InChI is InChI=1S/C23H31N5O/c1-3-18-15-22(25-16-24-18)28-12-8-19(9-13-28)26-23(29)20-14-17(2)6-7-21(20)27-10-4-5-11-27/h6-7,14-16,19H,3-5,8-13H2,1-2H3,(H,26,29). The van der Waals surface area contributed by atoms with E-state index in [4.69, 9.17) is 0 Å². The molecule has 6 nitrogen and oxygen atoms in total. The van der Waals surface area contributed by atoms with Crippen LogP contribution < -0.4 is 15.1 Å². The molecular formula is C23H31N5O. The monoisotopic (exact) mass is 393 g/mol. The van der Waals surface area contributed by atoms with Gasteiger partial charge in [0.2, 0.25) is 0 Å². The van der Waals surface area contributed by atoms with E-state index in [2.05, 4.69) is 57.1 Å². The Labute approximate surface area is 173 Å². The number of piperidine rings is 1. The van der Waals surface area contributed by atoms with Crippen LogP contribution in [0.4, 0.5) is 11.5 Å². The molecule has 0 saturated carbocycles. The fourth-order valence-electron chi connectivity index (χ4n) is 4.33. The van der Waals surface area contributed by atoms with Crippen molar-refractivity contribution < 1.29 is 4.79 Å². The Bertz CT molecular complexity index is 854. The normalized spacial score (nSPS) is 17.6. The van der Waals surface area contributed by atoms with Crippen LogP contribution in [0.5, 0.6) is 0 Å². The molecule has 1 aromatic carbocycles. The summed E-state index contributed by atoms with van der Waals surface area (Å²) < 4.78 is 0. The second kappa shape index (κ2) is 8.80. The highest BCUT2D eigenvalue weighted by molar-refractivity contribution is 6.00. The fraction of sp³-hybridized carbons (Fsp3) is 0.522. The van der Waals surface area contributed by atoms with Crippen molar-refractivity contribution in [2.75, 3.05) is 36.0 Å². The number of anilines is 2. The highest BCUT2D eigenvalue weighted by Gasteiger charge is 2.25. The molecule has 154 valence electrons. The predicted octanol–water partition coefficient (Wildman–Crippen LogP) is 3.35. The zero-order valence-electron chi connectivity index (χ0n) is 17.5. The summed E-state index contributed by atoms with van der Waals surface area (Å²) in [5.74, 6) is 1.06. The lowest BCUT2D eigenvalue weighted by atomic mass is 10.0. The first-order valence-corrected chi connectivity index (χ1v) is 10.9. The number of aromatic nitrogens is 2. The summed E-state index contributed by atoms with van der Waals surface area (Å²) in [6, 6.07) is 8.53. The molecule has 4 rings (SSSR count). The average Bonchev–Trinajstić information content (AvgIpc) is 3.29.